The molecule has 1 aliphatic heterocycles. The number of esters is 1. The zero-order valence-electron chi connectivity index (χ0n) is 17.6. The maximum Gasteiger partial charge on any atom is 0.311 e. The second-order valence-corrected chi connectivity index (χ2v) is 7.94. The Labute approximate surface area is 180 Å². The highest BCUT2D eigenvalue weighted by Gasteiger charge is 2.36. The SMILES string of the molecule is Cc1cc(C)cc(NC(=O)COC(=O)[C@@H]2CC(=O)N(c3cccc4ccccc34)C2)c1. The predicted octanol–water partition coefficient (Wildman–Crippen LogP) is 3.99. The summed E-state index contributed by atoms with van der Waals surface area (Å²) in [6.07, 6.45) is 0.0702. The minimum absolute atomic E-state index is 0.0702. The molecule has 0 radical (unpaired) electrons. The number of fused-ring (bicyclic) bond motifs is 1. The quantitative estimate of drug-likeness (QED) is 0.638. The van der Waals surface area contributed by atoms with Crippen LogP contribution in [0, 0.1) is 19.8 Å². The van der Waals surface area contributed by atoms with Crippen molar-refractivity contribution in [2.75, 3.05) is 23.4 Å². The summed E-state index contributed by atoms with van der Waals surface area (Å²) >= 11 is 0. The van der Waals surface area contributed by atoms with Crippen molar-refractivity contribution >= 4 is 39.9 Å². The summed E-state index contributed by atoms with van der Waals surface area (Å²) in [6, 6.07) is 19.3. The number of amides is 2. The zero-order valence-corrected chi connectivity index (χ0v) is 17.6. The van der Waals surface area contributed by atoms with Crippen molar-refractivity contribution in [1.82, 2.24) is 0 Å². The van der Waals surface area contributed by atoms with Gasteiger partial charge in [-0.2, -0.15) is 0 Å². The first kappa shape index (κ1) is 20.6. The van der Waals surface area contributed by atoms with Crippen LogP contribution in [0.3, 0.4) is 0 Å². The summed E-state index contributed by atoms with van der Waals surface area (Å²) in [5, 5.41) is 4.73. The lowest BCUT2D eigenvalue weighted by Crippen LogP contribution is -2.28. The van der Waals surface area contributed by atoms with Crippen LogP contribution in [0.4, 0.5) is 11.4 Å². The lowest BCUT2D eigenvalue weighted by atomic mass is 10.1. The molecule has 0 bridgehead atoms. The third-order valence-corrected chi connectivity index (χ3v) is 5.37. The molecule has 158 valence electrons. The number of hydrogen-bond donors (Lipinski definition) is 1. The van der Waals surface area contributed by atoms with Gasteiger partial charge in [-0.1, -0.05) is 42.5 Å². The number of benzene rings is 3. The van der Waals surface area contributed by atoms with Crippen LogP contribution in [0.15, 0.2) is 60.7 Å². The van der Waals surface area contributed by atoms with E-state index in [1.807, 2.05) is 74.5 Å². The van der Waals surface area contributed by atoms with Gasteiger partial charge in [0.05, 0.1) is 11.6 Å². The first-order valence-electron chi connectivity index (χ1n) is 10.2. The van der Waals surface area contributed by atoms with Crippen molar-refractivity contribution < 1.29 is 19.1 Å². The van der Waals surface area contributed by atoms with Crippen molar-refractivity contribution in [3.63, 3.8) is 0 Å². The molecule has 1 heterocycles. The molecule has 3 aromatic rings. The topological polar surface area (TPSA) is 75.7 Å². The fourth-order valence-electron chi connectivity index (χ4n) is 4.04. The third-order valence-electron chi connectivity index (χ3n) is 5.37. The van der Waals surface area contributed by atoms with Gasteiger partial charge in [0, 0.05) is 24.0 Å². The molecule has 0 saturated carbocycles. The zero-order chi connectivity index (χ0) is 22.0. The van der Waals surface area contributed by atoms with Gasteiger partial charge in [0.25, 0.3) is 5.91 Å². The van der Waals surface area contributed by atoms with Gasteiger partial charge in [0.2, 0.25) is 5.91 Å². The molecular weight excluding hydrogens is 392 g/mol. The summed E-state index contributed by atoms with van der Waals surface area (Å²) in [4.78, 5) is 38.9. The number of anilines is 2. The molecule has 1 fully saturated rings. The van der Waals surface area contributed by atoms with Crippen molar-refractivity contribution in [1.29, 1.82) is 0 Å². The average Bonchev–Trinajstić information content (AvgIpc) is 3.12. The average molecular weight is 416 g/mol. The highest BCUT2D eigenvalue weighted by molar-refractivity contribution is 6.06. The number of rotatable bonds is 5. The Hall–Kier alpha value is -3.67. The van der Waals surface area contributed by atoms with E-state index in [1.54, 1.807) is 4.90 Å². The molecule has 31 heavy (non-hydrogen) atoms. The Morgan fingerprint density at radius 1 is 1.03 bits per heavy atom. The van der Waals surface area contributed by atoms with Gasteiger partial charge in [-0.15, -0.1) is 0 Å². The van der Waals surface area contributed by atoms with Crippen molar-refractivity contribution in [2.45, 2.75) is 20.3 Å². The Kier molecular flexibility index (Phi) is 5.71. The number of carbonyl (C=O) groups excluding carboxylic acids is 3. The highest BCUT2D eigenvalue weighted by Crippen LogP contribution is 2.32. The molecule has 0 spiro atoms. The lowest BCUT2D eigenvalue weighted by molar-refractivity contribution is -0.151. The van der Waals surface area contributed by atoms with Gasteiger partial charge in [0.15, 0.2) is 6.61 Å². The van der Waals surface area contributed by atoms with Crippen LogP contribution in [0.5, 0.6) is 0 Å². The van der Waals surface area contributed by atoms with E-state index in [0.29, 0.717) is 5.69 Å². The Balaban J connectivity index is 1.37. The second kappa shape index (κ2) is 8.60. The molecule has 0 aromatic heterocycles. The predicted molar refractivity (Wildman–Crippen MR) is 120 cm³/mol. The normalized spacial score (nSPS) is 15.9. The van der Waals surface area contributed by atoms with Crippen molar-refractivity contribution in [3.8, 4) is 0 Å². The van der Waals surface area contributed by atoms with Crippen LogP contribution >= 0.6 is 0 Å². The molecule has 2 amide bonds. The number of nitrogens with zero attached hydrogens (tertiary/aromatic N) is 1. The number of carbonyl (C=O) groups is 3. The summed E-state index contributed by atoms with van der Waals surface area (Å²) in [5.74, 6) is -1.67. The van der Waals surface area contributed by atoms with E-state index >= 15 is 0 Å². The van der Waals surface area contributed by atoms with E-state index in [-0.39, 0.29) is 25.5 Å². The Bertz CT molecular complexity index is 1150. The minimum Gasteiger partial charge on any atom is -0.455 e. The van der Waals surface area contributed by atoms with Crippen LogP contribution in [-0.4, -0.2) is 30.9 Å². The smallest absolute Gasteiger partial charge is 0.311 e. The van der Waals surface area contributed by atoms with Crippen LogP contribution in [0.25, 0.3) is 10.8 Å². The van der Waals surface area contributed by atoms with Gasteiger partial charge < -0.3 is 15.0 Å². The maximum absolute atomic E-state index is 12.6. The fraction of sp³-hybridized carbons (Fsp3) is 0.240. The monoisotopic (exact) mass is 416 g/mol. The first-order chi connectivity index (χ1) is 14.9. The van der Waals surface area contributed by atoms with Gasteiger partial charge >= 0.3 is 5.97 Å². The standard InChI is InChI=1S/C25H24N2O4/c1-16-10-17(2)12-20(11-16)26-23(28)15-31-25(30)19-13-24(29)27(14-19)22-9-5-7-18-6-3-4-8-21(18)22/h3-12,19H,13-15H2,1-2H3,(H,26,28)/t19-/m1/s1. The molecule has 1 aliphatic rings. The van der Waals surface area contributed by atoms with Gasteiger partial charge in [-0.25, -0.2) is 0 Å². The summed E-state index contributed by atoms with van der Waals surface area (Å²) in [7, 11) is 0. The second-order valence-electron chi connectivity index (χ2n) is 7.94. The van der Waals surface area contributed by atoms with Gasteiger partial charge in [0.1, 0.15) is 0 Å². The molecule has 3 aromatic carbocycles. The summed E-state index contributed by atoms with van der Waals surface area (Å²) in [5.41, 5.74) is 3.51. The molecule has 1 N–H and O–H groups in total. The van der Waals surface area contributed by atoms with Crippen LogP contribution in [-0.2, 0) is 19.1 Å². The molecule has 6 heteroatoms. The lowest BCUT2D eigenvalue weighted by Gasteiger charge is -2.18. The summed E-state index contributed by atoms with van der Waals surface area (Å²) < 4.78 is 5.21. The molecule has 1 atom stereocenters. The van der Waals surface area contributed by atoms with E-state index in [4.69, 9.17) is 4.74 Å². The highest BCUT2D eigenvalue weighted by atomic mass is 16.5. The Morgan fingerprint density at radius 2 is 1.74 bits per heavy atom. The van der Waals surface area contributed by atoms with Crippen molar-refractivity contribution in [2.24, 2.45) is 5.92 Å². The summed E-state index contributed by atoms with van der Waals surface area (Å²) in [6.45, 7) is 3.75. The van der Waals surface area contributed by atoms with Crippen LogP contribution < -0.4 is 10.2 Å². The van der Waals surface area contributed by atoms with E-state index in [9.17, 15) is 14.4 Å². The molecule has 0 aliphatic carbocycles. The van der Waals surface area contributed by atoms with E-state index in [0.717, 1.165) is 27.6 Å². The molecule has 0 unspecified atom stereocenters. The largest absolute Gasteiger partial charge is 0.455 e. The minimum atomic E-state index is -0.597. The first-order valence-corrected chi connectivity index (χ1v) is 10.2. The third kappa shape index (κ3) is 4.58. The van der Waals surface area contributed by atoms with Crippen molar-refractivity contribution in [3.05, 3.63) is 71.8 Å². The number of aryl methyl sites for hydroxylation is 2. The number of ether oxygens (including phenoxy) is 1. The maximum atomic E-state index is 12.6. The van der Waals surface area contributed by atoms with Gasteiger partial charge in [-0.05, 0) is 48.6 Å². The molecular formula is C25H24N2O4. The van der Waals surface area contributed by atoms with E-state index in [2.05, 4.69) is 5.32 Å². The van der Waals surface area contributed by atoms with Crippen LogP contribution in [0.1, 0.15) is 17.5 Å². The molecule has 6 nitrogen and oxygen atoms in total. The van der Waals surface area contributed by atoms with Gasteiger partial charge in [-0.3, -0.25) is 14.4 Å². The number of nitrogens with one attached hydrogen (secondary N) is 1. The van der Waals surface area contributed by atoms with E-state index < -0.39 is 17.8 Å². The number of hydrogen-bond acceptors (Lipinski definition) is 4. The molecule has 4 rings (SSSR count). The van der Waals surface area contributed by atoms with E-state index in [1.165, 1.54) is 0 Å². The fourth-order valence-corrected chi connectivity index (χ4v) is 4.04. The molecule has 1 saturated heterocycles. The van der Waals surface area contributed by atoms with Crippen LogP contribution in [0.2, 0.25) is 0 Å². The Morgan fingerprint density at radius 3 is 2.52 bits per heavy atom.